The summed E-state index contributed by atoms with van der Waals surface area (Å²) >= 11 is 0. The van der Waals surface area contributed by atoms with E-state index in [-0.39, 0.29) is 0 Å². The third kappa shape index (κ3) is 4.75. The maximum atomic E-state index is 5.87. The van der Waals surface area contributed by atoms with Gasteiger partial charge in [-0.05, 0) is 76.2 Å². The van der Waals surface area contributed by atoms with Crippen LogP contribution in [0.25, 0.3) is 0 Å². The third-order valence-electron chi connectivity index (χ3n) is 5.23. The molecule has 1 saturated heterocycles. The van der Waals surface area contributed by atoms with E-state index in [0.717, 1.165) is 24.4 Å². The van der Waals surface area contributed by atoms with Crippen LogP contribution >= 0.6 is 0 Å². The van der Waals surface area contributed by atoms with Crippen molar-refractivity contribution in [1.82, 2.24) is 5.32 Å². The zero-order valence-electron chi connectivity index (χ0n) is 13.2. The summed E-state index contributed by atoms with van der Waals surface area (Å²) in [6, 6.07) is 0.704. The lowest BCUT2D eigenvalue weighted by Gasteiger charge is -2.37. The second-order valence-corrected chi connectivity index (χ2v) is 7.14. The SMILES string of the molecule is CNC(CCC1CCCCO1)C1CC(C)CC(C)C1. The first-order chi connectivity index (χ1) is 9.19. The van der Waals surface area contributed by atoms with Gasteiger partial charge < -0.3 is 10.1 Å². The fourth-order valence-corrected chi connectivity index (χ4v) is 4.35. The van der Waals surface area contributed by atoms with Crippen molar-refractivity contribution >= 4 is 0 Å². The van der Waals surface area contributed by atoms with Gasteiger partial charge >= 0.3 is 0 Å². The van der Waals surface area contributed by atoms with E-state index in [1.165, 1.54) is 51.4 Å². The molecule has 0 radical (unpaired) electrons. The molecule has 2 heteroatoms. The van der Waals surface area contributed by atoms with E-state index in [1.54, 1.807) is 0 Å². The molecule has 0 aromatic heterocycles. The molecule has 4 atom stereocenters. The van der Waals surface area contributed by atoms with Gasteiger partial charge in [0.2, 0.25) is 0 Å². The highest BCUT2D eigenvalue weighted by Gasteiger charge is 2.29. The Hall–Kier alpha value is -0.0800. The Balaban J connectivity index is 1.78. The first-order valence-corrected chi connectivity index (χ1v) is 8.48. The summed E-state index contributed by atoms with van der Waals surface area (Å²) in [5.74, 6) is 2.71. The van der Waals surface area contributed by atoms with Crippen LogP contribution < -0.4 is 5.32 Å². The van der Waals surface area contributed by atoms with Crippen molar-refractivity contribution in [2.24, 2.45) is 17.8 Å². The van der Waals surface area contributed by atoms with Crippen LogP contribution in [-0.2, 0) is 4.74 Å². The minimum Gasteiger partial charge on any atom is -0.378 e. The normalized spacial score (nSPS) is 38.1. The zero-order valence-corrected chi connectivity index (χ0v) is 13.2. The van der Waals surface area contributed by atoms with Crippen LogP contribution in [0.2, 0.25) is 0 Å². The van der Waals surface area contributed by atoms with Crippen LogP contribution in [0.5, 0.6) is 0 Å². The van der Waals surface area contributed by atoms with Crippen molar-refractivity contribution in [2.45, 2.75) is 77.4 Å². The fraction of sp³-hybridized carbons (Fsp3) is 1.00. The van der Waals surface area contributed by atoms with Crippen molar-refractivity contribution in [3.63, 3.8) is 0 Å². The van der Waals surface area contributed by atoms with Crippen molar-refractivity contribution in [1.29, 1.82) is 0 Å². The Morgan fingerprint density at radius 3 is 2.42 bits per heavy atom. The number of hydrogen-bond donors (Lipinski definition) is 1. The lowest BCUT2D eigenvalue weighted by Crippen LogP contribution is -2.38. The van der Waals surface area contributed by atoms with Crippen LogP contribution in [0.3, 0.4) is 0 Å². The molecule has 2 nitrogen and oxygen atoms in total. The van der Waals surface area contributed by atoms with E-state index in [1.807, 2.05) is 0 Å². The van der Waals surface area contributed by atoms with Crippen LogP contribution in [0.4, 0.5) is 0 Å². The first kappa shape index (κ1) is 15.3. The molecule has 0 bridgehead atoms. The lowest BCUT2D eigenvalue weighted by molar-refractivity contribution is 0.00660. The van der Waals surface area contributed by atoms with Crippen molar-refractivity contribution in [3.05, 3.63) is 0 Å². The zero-order chi connectivity index (χ0) is 13.7. The first-order valence-electron chi connectivity index (χ1n) is 8.48. The van der Waals surface area contributed by atoms with Gasteiger partial charge in [0.25, 0.3) is 0 Å². The largest absolute Gasteiger partial charge is 0.378 e. The van der Waals surface area contributed by atoms with Crippen molar-refractivity contribution in [2.75, 3.05) is 13.7 Å². The monoisotopic (exact) mass is 267 g/mol. The minimum absolute atomic E-state index is 0.544. The van der Waals surface area contributed by atoms with Crippen molar-refractivity contribution < 1.29 is 4.74 Å². The second-order valence-electron chi connectivity index (χ2n) is 7.14. The highest BCUT2D eigenvalue weighted by molar-refractivity contribution is 4.84. The molecule has 2 fully saturated rings. The van der Waals surface area contributed by atoms with Gasteiger partial charge in [0.15, 0.2) is 0 Å². The van der Waals surface area contributed by atoms with Gasteiger partial charge in [0.1, 0.15) is 0 Å². The van der Waals surface area contributed by atoms with Crippen LogP contribution in [0, 0.1) is 17.8 Å². The van der Waals surface area contributed by atoms with Gasteiger partial charge in [-0.3, -0.25) is 0 Å². The fourth-order valence-electron chi connectivity index (χ4n) is 4.35. The maximum Gasteiger partial charge on any atom is 0.0575 e. The molecular formula is C17H33NO. The smallest absolute Gasteiger partial charge is 0.0575 e. The molecule has 0 amide bonds. The molecule has 0 aromatic rings. The molecular weight excluding hydrogens is 234 g/mol. The van der Waals surface area contributed by atoms with E-state index in [9.17, 15) is 0 Å². The average molecular weight is 267 g/mol. The second kappa shape index (κ2) is 7.64. The van der Waals surface area contributed by atoms with Crippen LogP contribution in [0.15, 0.2) is 0 Å². The van der Waals surface area contributed by atoms with Gasteiger partial charge in [0, 0.05) is 12.6 Å². The number of ether oxygens (including phenoxy) is 1. The minimum atomic E-state index is 0.544. The predicted molar refractivity (Wildman–Crippen MR) is 81.3 cm³/mol. The summed E-state index contributed by atoms with van der Waals surface area (Å²) < 4.78 is 5.87. The van der Waals surface area contributed by atoms with Gasteiger partial charge in [-0.15, -0.1) is 0 Å². The van der Waals surface area contributed by atoms with Gasteiger partial charge in [-0.25, -0.2) is 0 Å². The summed E-state index contributed by atoms with van der Waals surface area (Å²) in [7, 11) is 2.15. The molecule has 1 heterocycles. The summed E-state index contributed by atoms with van der Waals surface area (Å²) in [5, 5.41) is 3.60. The van der Waals surface area contributed by atoms with Crippen LogP contribution in [-0.4, -0.2) is 25.8 Å². The molecule has 1 aliphatic heterocycles. The van der Waals surface area contributed by atoms with Gasteiger partial charge in [-0.1, -0.05) is 13.8 Å². The Morgan fingerprint density at radius 1 is 1.11 bits per heavy atom. The standard InChI is InChI=1S/C17H33NO/c1-13-10-14(2)12-15(11-13)17(18-3)8-7-16-6-4-5-9-19-16/h13-18H,4-12H2,1-3H3. The van der Waals surface area contributed by atoms with E-state index >= 15 is 0 Å². The molecule has 2 rings (SSSR count). The Morgan fingerprint density at radius 2 is 1.84 bits per heavy atom. The Bertz CT molecular complexity index is 240. The summed E-state index contributed by atoms with van der Waals surface area (Å²) in [5.41, 5.74) is 0. The molecule has 19 heavy (non-hydrogen) atoms. The molecule has 1 saturated carbocycles. The van der Waals surface area contributed by atoms with Crippen LogP contribution in [0.1, 0.15) is 65.2 Å². The predicted octanol–water partition coefficient (Wildman–Crippen LogP) is 4.00. The van der Waals surface area contributed by atoms with Gasteiger partial charge in [-0.2, -0.15) is 0 Å². The number of nitrogens with one attached hydrogen (secondary N) is 1. The molecule has 0 aromatic carbocycles. The van der Waals surface area contributed by atoms with E-state index in [2.05, 4.69) is 26.2 Å². The number of hydrogen-bond acceptors (Lipinski definition) is 2. The quantitative estimate of drug-likeness (QED) is 0.813. The van der Waals surface area contributed by atoms with E-state index in [0.29, 0.717) is 12.1 Å². The summed E-state index contributed by atoms with van der Waals surface area (Å²) in [6.45, 7) is 5.85. The summed E-state index contributed by atoms with van der Waals surface area (Å²) in [4.78, 5) is 0. The highest BCUT2D eigenvalue weighted by atomic mass is 16.5. The lowest BCUT2D eigenvalue weighted by atomic mass is 9.73. The topological polar surface area (TPSA) is 21.3 Å². The van der Waals surface area contributed by atoms with Crippen molar-refractivity contribution in [3.8, 4) is 0 Å². The summed E-state index contributed by atoms with van der Waals surface area (Å²) in [6.07, 6.45) is 11.3. The molecule has 0 spiro atoms. The van der Waals surface area contributed by atoms with E-state index < -0.39 is 0 Å². The maximum absolute atomic E-state index is 5.87. The molecule has 4 unspecified atom stereocenters. The number of rotatable bonds is 5. The van der Waals surface area contributed by atoms with E-state index in [4.69, 9.17) is 4.74 Å². The molecule has 2 aliphatic rings. The van der Waals surface area contributed by atoms with Gasteiger partial charge in [0.05, 0.1) is 6.10 Å². The molecule has 1 N–H and O–H groups in total. The third-order valence-corrected chi connectivity index (χ3v) is 5.23. The molecule has 1 aliphatic carbocycles. The highest BCUT2D eigenvalue weighted by Crippen LogP contribution is 2.36. The Labute approximate surface area is 119 Å². The average Bonchev–Trinajstić information content (AvgIpc) is 2.39. The molecule has 112 valence electrons. The Kier molecular flexibility index (Phi) is 6.15.